The first kappa shape index (κ1) is 17.9. The first-order valence-electron chi connectivity index (χ1n) is 6.25. The van der Waals surface area contributed by atoms with E-state index in [1.807, 2.05) is 0 Å². The second-order valence-corrected chi connectivity index (χ2v) is 5.36. The minimum absolute atomic E-state index is 0.0691. The fraction of sp³-hybridized carbons (Fsp3) is 0.462. The van der Waals surface area contributed by atoms with Gasteiger partial charge >= 0.3 is 6.18 Å². The third kappa shape index (κ3) is 6.03. The molecule has 1 aromatic rings. The predicted molar refractivity (Wildman–Crippen MR) is 76.0 cm³/mol. The molecule has 1 rings (SSSR count). The van der Waals surface area contributed by atoms with E-state index < -0.39 is 23.8 Å². The topological polar surface area (TPSA) is 61.4 Å². The van der Waals surface area contributed by atoms with Crippen molar-refractivity contribution in [3.8, 4) is 0 Å². The van der Waals surface area contributed by atoms with E-state index in [4.69, 9.17) is 5.11 Å². The molecule has 1 atom stereocenters. The summed E-state index contributed by atoms with van der Waals surface area (Å²) in [5, 5.41) is 14.4. The molecule has 21 heavy (non-hydrogen) atoms. The van der Waals surface area contributed by atoms with Crippen molar-refractivity contribution in [2.75, 3.05) is 19.6 Å². The number of carbonyl (C=O) groups excluding carboxylic acids is 1. The van der Waals surface area contributed by atoms with Crippen LogP contribution < -0.4 is 10.6 Å². The Balaban J connectivity index is 2.61. The number of amides is 1. The summed E-state index contributed by atoms with van der Waals surface area (Å²) in [5.74, 6) is -0.591. The van der Waals surface area contributed by atoms with Crippen LogP contribution in [0.1, 0.15) is 22.8 Å². The van der Waals surface area contributed by atoms with Gasteiger partial charge in [-0.3, -0.25) is 4.79 Å². The van der Waals surface area contributed by atoms with Gasteiger partial charge in [0.1, 0.15) is 0 Å². The fourth-order valence-corrected chi connectivity index (χ4v) is 1.97. The number of hydrogen-bond acceptors (Lipinski definition) is 3. The smallest absolute Gasteiger partial charge is 0.392 e. The molecule has 0 bridgehead atoms. The van der Waals surface area contributed by atoms with E-state index in [0.717, 1.165) is 12.1 Å². The molecule has 1 aromatic carbocycles. The van der Waals surface area contributed by atoms with Crippen molar-refractivity contribution in [2.24, 2.45) is 0 Å². The average molecular weight is 369 g/mol. The van der Waals surface area contributed by atoms with Gasteiger partial charge in [0.25, 0.3) is 5.91 Å². The molecule has 3 N–H and O–H groups in total. The van der Waals surface area contributed by atoms with Crippen molar-refractivity contribution in [1.29, 1.82) is 0 Å². The Labute approximate surface area is 128 Å². The van der Waals surface area contributed by atoms with Crippen LogP contribution in [0, 0.1) is 0 Å². The van der Waals surface area contributed by atoms with Crippen LogP contribution in [0.5, 0.6) is 0 Å². The van der Waals surface area contributed by atoms with Gasteiger partial charge in [0.2, 0.25) is 0 Å². The highest BCUT2D eigenvalue weighted by molar-refractivity contribution is 9.10. The summed E-state index contributed by atoms with van der Waals surface area (Å²) in [5.41, 5.74) is -0.941. The normalized spacial score (nSPS) is 13.0. The zero-order valence-corrected chi connectivity index (χ0v) is 12.9. The van der Waals surface area contributed by atoms with Crippen molar-refractivity contribution in [3.05, 3.63) is 33.8 Å². The van der Waals surface area contributed by atoms with E-state index in [1.54, 1.807) is 6.92 Å². The van der Waals surface area contributed by atoms with E-state index >= 15 is 0 Å². The summed E-state index contributed by atoms with van der Waals surface area (Å²) in [6, 6.07) is 2.91. The minimum atomic E-state index is -4.49. The molecular weight excluding hydrogens is 353 g/mol. The molecule has 4 nitrogen and oxygen atoms in total. The van der Waals surface area contributed by atoms with Gasteiger partial charge in [0, 0.05) is 24.1 Å². The highest BCUT2D eigenvalue weighted by atomic mass is 79.9. The van der Waals surface area contributed by atoms with Crippen molar-refractivity contribution in [3.63, 3.8) is 0 Å². The second-order valence-electron chi connectivity index (χ2n) is 4.50. The zero-order chi connectivity index (χ0) is 16.0. The van der Waals surface area contributed by atoms with Gasteiger partial charge in [-0.05, 0) is 41.1 Å². The first-order chi connectivity index (χ1) is 9.71. The maximum Gasteiger partial charge on any atom is 0.416 e. The lowest BCUT2D eigenvalue weighted by Gasteiger charge is -2.11. The number of alkyl halides is 3. The molecule has 1 unspecified atom stereocenters. The van der Waals surface area contributed by atoms with Crippen molar-refractivity contribution >= 4 is 21.8 Å². The monoisotopic (exact) mass is 368 g/mol. The molecule has 0 fully saturated rings. The lowest BCUT2D eigenvalue weighted by molar-refractivity contribution is -0.137. The molecule has 8 heteroatoms. The first-order valence-corrected chi connectivity index (χ1v) is 7.05. The molecule has 0 spiro atoms. The Morgan fingerprint density at radius 1 is 1.38 bits per heavy atom. The van der Waals surface area contributed by atoms with Gasteiger partial charge < -0.3 is 15.7 Å². The lowest BCUT2D eigenvalue weighted by Crippen LogP contribution is -2.34. The van der Waals surface area contributed by atoms with Gasteiger partial charge in [0.05, 0.1) is 17.2 Å². The number of aliphatic hydroxyl groups is 1. The Hall–Kier alpha value is -1.12. The van der Waals surface area contributed by atoms with Crippen LogP contribution >= 0.6 is 15.9 Å². The molecule has 0 aliphatic rings. The fourth-order valence-electron chi connectivity index (χ4n) is 1.55. The van der Waals surface area contributed by atoms with Gasteiger partial charge in [-0.15, -0.1) is 0 Å². The standard InChI is InChI=1S/C13H16BrF3N2O2/c1-8(20)7-18-4-5-19-12(21)10-6-9(13(15,16)17)2-3-11(10)14/h2-3,6,8,18,20H,4-5,7H2,1H3,(H,19,21). The number of halogens is 4. The predicted octanol–water partition coefficient (Wildman–Crippen LogP) is 2.17. The molecule has 0 aliphatic heterocycles. The van der Waals surface area contributed by atoms with Crippen LogP contribution in [-0.4, -0.2) is 36.8 Å². The summed E-state index contributed by atoms with van der Waals surface area (Å²) in [6.45, 7) is 2.65. The quantitative estimate of drug-likeness (QED) is 0.674. The summed E-state index contributed by atoms with van der Waals surface area (Å²) >= 11 is 3.06. The third-order valence-corrected chi connectivity index (χ3v) is 3.26. The molecule has 0 aromatic heterocycles. The largest absolute Gasteiger partial charge is 0.416 e. The van der Waals surface area contributed by atoms with E-state index in [9.17, 15) is 18.0 Å². The number of benzene rings is 1. The highest BCUT2D eigenvalue weighted by Gasteiger charge is 2.31. The number of hydrogen-bond donors (Lipinski definition) is 3. The van der Waals surface area contributed by atoms with Crippen molar-refractivity contribution in [2.45, 2.75) is 19.2 Å². The molecule has 118 valence electrons. The highest BCUT2D eigenvalue weighted by Crippen LogP contribution is 2.31. The van der Waals surface area contributed by atoms with E-state index in [1.165, 1.54) is 6.07 Å². The Kier molecular flexibility index (Phi) is 6.63. The molecule has 0 radical (unpaired) electrons. The van der Waals surface area contributed by atoms with E-state index in [-0.39, 0.29) is 12.1 Å². The van der Waals surface area contributed by atoms with Gasteiger partial charge in [-0.25, -0.2) is 0 Å². The number of rotatable bonds is 6. The van der Waals surface area contributed by atoms with Crippen LogP contribution in [0.3, 0.4) is 0 Å². The molecule has 0 saturated heterocycles. The zero-order valence-electron chi connectivity index (χ0n) is 11.3. The minimum Gasteiger partial charge on any atom is -0.392 e. The van der Waals surface area contributed by atoms with E-state index in [0.29, 0.717) is 17.6 Å². The van der Waals surface area contributed by atoms with Crippen molar-refractivity contribution < 1.29 is 23.1 Å². The summed E-state index contributed by atoms with van der Waals surface area (Å²) in [7, 11) is 0. The average Bonchev–Trinajstić information content (AvgIpc) is 2.36. The van der Waals surface area contributed by atoms with Crippen LogP contribution in [0.25, 0.3) is 0 Å². The van der Waals surface area contributed by atoms with Crippen LogP contribution in [0.4, 0.5) is 13.2 Å². The second kappa shape index (κ2) is 7.77. The van der Waals surface area contributed by atoms with Crippen LogP contribution in [0.15, 0.2) is 22.7 Å². The molecule has 0 aliphatic carbocycles. The van der Waals surface area contributed by atoms with Gasteiger partial charge in [0.15, 0.2) is 0 Å². The number of nitrogens with one attached hydrogen (secondary N) is 2. The summed E-state index contributed by atoms with van der Waals surface area (Å²) in [6.07, 6.45) is -4.99. The summed E-state index contributed by atoms with van der Waals surface area (Å²) in [4.78, 5) is 11.9. The van der Waals surface area contributed by atoms with Gasteiger partial charge in [-0.1, -0.05) is 0 Å². The molecular formula is C13H16BrF3N2O2. The van der Waals surface area contributed by atoms with Crippen LogP contribution in [-0.2, 0) is 6.18 Å². The van der Waals surface area contributed by atoms with Gasteiger partial charge in [-0.2, -0.15) is 13.2 Å². The Morgan fingerprint density at radius 3 is 2.62 bits per heavy atom. The third-order valence-electron chi connectivity index (χ3n) is 2.57. The lowest BCUT2D eigenvalue weighted by atomic mass is 10.1. The summed E-state index contributed by atoms with van der Waals surface area (Å²) < 4.78 is 38.1. The maximum absolute atomic E-state index is 12.6. The number of aliphatic hydroxyl groups excluding tert-OH is 1. The van der Waals surface area contributed by atoms with Crippen LogP contribution in [0.2, 0.25) is 0 Å². The maximum atomic E-state index is 12.6. The van der Waals surface area contributed by atoms with E-state index in [2.05, 4.69) is 26.6 Å². The molecule has 0 heterocycles. The SMILES string of the molecule is CC(O)CNCCNC(=O)c1cc(C(F)(F)F)ccc1Br. The van der Waals surface area contributed by atoms with Crippen molar-refractivity contribution in [1.82, 2.24) is 10.6 Å². The number of carbonyl (C=O) groups is 1. The Bertz CT molecular complexity index is 493. The Morgan fingerprint density at radius 2 is 2.05 bits per heavy atom. The molecule has 0 saturated carbocycles. The molecule has 1 amide bonds.